The molecule has 0 radical (unpaired) electrons. The highest BCUT2D eigenvalue weighted by Gasteiger charge is 2.02. The van der Waals surface area contributed by atoms with Crippen LogP contribution in [0.5, 0.6) is 11.5 Å². The number of methoxy groups -OCH3 is 1. The molecule has 0 amide bonds. The molecule has 3 nitrogen and oxygen atoms in total. The third kappa shape index (κ3) is 4.27. The lowest BCUT2D eigenvalue weighted by atomic mass is 10.2. The third-order valence-electron chi connectivity index (χ3n) is 2.72. The number of rotatable bonds is 4. The van der Waals surface area contributed by atoms with Gasteiger partial charge in [-0.25, -0.2) is 0 Å². The van der Waals surface area contributed by atoms with Crippen molar-refractivity contribution in [3.05, 3.63) is 58.6 Å². The summed E-state index contributed by atoms with van der Waals surface area (Å²) >= 11 is 5.81. The molecule has 0 saturated heterocycles. The number of halogens is 1. The Hall–Kier alpha value is -2.44. The highest BCUT2D eigenvalue weighted by atomic mass is 35.5. The molecule has 0 saturated carbocycles. The number of hydrogen-bond acceptors (Lipinski definition) is 3. The molecule has 0 aliphatic rings. The van der Waals surface area contributed by atoms with Gasteiger partial charge in [-0.05, 0) is 42.5 Å². The normalized spacial score (nSPS) is 9.43. The molecular formula is C17H13ClO3. The Labute approximate surface area is 128 Å². The first-order valence-corrected chi connectivity index (χ1v) is 6.61. The Morgan fingerprint density at radius 3 is 2.62 bits per heavy atom. The van der Waals surface area contributed by atoms with Crippen molar-refractivity contribution in [1.29, 1.82) is 0 Å². The minimum absolute atomic E-state index is 0.189. The molecule has 2 aromatic rings. The first-order valence-electron chi connectivity index (χ1n) is 6.23. The summed E-state index contributed by atoms with van der Waals surface area (Å²) in [6, 6.07) is 12.3. The molecule has 0 atom stereocenters. The van der Waals surface area contributed by atoms with E-state index in [1.807, 2.05) is 24.3 Å². The summed E-state index contributed by atoms with van der Waals surface area (Å²) in [5, 5.41) is 0.494. The summed E-state index contributed by atoms with van der Waals surface area (Å²) in [6.45, 7) is 0.189. The van der Waals surface area contributed by atoms with Crippen molar-refractivity contribution in [3.63, 3.8) is 0 Å². The van der Waals surface area contributed by atoms with Crippen molar-refractivity contribution >= 4 is 17.9 Å². The lowest BCUT2D eigenvalue weighted by molar-refractivity contribution is 0.112. The van der Waals surface area contributed by atoms with Gasteiger partial charge in [-0.1, -0.05) is 23.4 Å². The number of aldehydes is 1. The molecule has 0 bridgehead atoms. The molecule has 0 aliphatic carbocycles. The molecule has 0 heterocycles. The fourth-order valence-corrected chi connectivity index (χ4v) is 1.85. The smallest absolute Gasteiger partial charge is 0.153 e. The van der Waals surface area contributed by atoms with Crippen LogP contribution in [0.25, 0.3) is 0 Å². The van der Waals surface area contributed by atoms with E-state index in [1.165, 1.54) is 0 Å². The van der Waals surface area contributed by atoms with Crippen LogP contribution in [0.3, 0.4) is 0 Å². The summed E-state index contributed by atoms with van der Waals surface area (Å²) in [6.07, 6.45) is 0.706. The van der Waals surface area contributed by atoms with Gasteiger partial charge < -0.3 is 9.47 Å². The monoisotopic (exact) mass is 300 g/mol. The van der Waals surface area contributed by atoms with Crippen LogP contribution in [0.2, 0.25) is 5.02 Å². The zero-order chi connectivity index (χ0) is 15.1. The molecule has 4 heteroatoms. The Bertz CT molecular complexity index is 681. The first-order chi connectivity index (χ1) is 10.2. The van der Waals surface area contributed by atoms with Crippen LogP contribution in [-0.4, -0.2) is 20.0 Å². The minimum Gasteiger partial charge on any atom is -0.497 e. The summed E-state index contributed by atoms with van der Waals surface area (Å²) in [5.74, 6) is 7.12. The Morgan fingerprint density at radius 2 is 1.95 bits per heavy atom. The van der Waals surface area contributed by atoms with Crippen LogP contribution in [0, 0.1) is 11.8 Å². The molecule has 0 fully saturated rings. The van der Waals surface area contributed by atoms with Crippen molar-refractivity contribution in [2.24, 2.45) is 0 Å². The van der Waals surface area contributed by atoms with Crippen LogP contribution >= 0.6 is 11.6 Å². The highest BCUT2D eigenvalue weighted by Crippen LogP contribution is 2.21. The largest absolute Gasteiger partial charge is 0.497 e. The molecule has 0 N–H and O–H groups in total. The molecule has 0 aliphatic heterocycles. The van der Waals surface area contributed by atoms with E-state index in [1.54, 1.807) is 25.3 Å². The lowest BCUT2D eigenvalue weighted by Gasteiger charge is -2.04. The molecule has 21 heavy (non-hydrogen) atoms. The van der Waals surface area contributed by atoms with Gasteiger partial charge in [0, 0.05) is 10.6 Å². The summed E-state index contributed by atoms with van der Waals surface area (Å²) < 4.78 is 10.5. The van der Waals surface area contributed by atoms with E-state index in [0.29, 0.717) is 22.6 Å². The van der Waals surface area contributed by atoms with Crippen LogP contribution in [0.1, 0.15) is 15.9 Å². The Morgan fingerprint density at radius 1 is 1.19 bits per heavy atom. The van der Waals surface area contributed by atoms with Crippen LogP contribution in [0.4, 0.5) is 0 Å². The topological polar surface area (TPSA) is 35.5 Å². The van der Waals surface area contributed by atoms with Gasteiger partial charge in [0.1, 0.15) is 18.1 Å². The Kier molecular flexibility index (Phi) is 5.25. The van der Waals surface area contributed by atoms with Gasteiger partial charge in [0.2, 0.25) is 0 Å². The molecule has 0 unspecified atom stereocenters. The first kappa shape index (κ1) is 15.0. The summed E-state index contributed by atoms with van der Waals surface area (Å²) in [5.41, 5.74) is 1.28. The second-order valence-electron chi connectivity index (χ2n) is 4.12. The predicted molar refractivity (Wildman–Crippen MR) is 82.2 cm³/mol. The van der Waals surface area contributed by atoms with Gasteiger partial charge >= 0.3 is 0 Å². The molecule has 0 spiro atoms. The van der Waals surface area contributed by atoms with Crippen molar-refractivity contribution in [2.75, 3.05) is 13.7 Å². The fourth-order valence-electron chi connectivity index (χ4n) is 1.67. The standard InChI is InChI=1S/C17H13ClO3/c1-20-16-7-4-13(5-8-16)3-2-10-21-17-9-6-15(18)11-14(17)12-19/h4-9,11-12H,10H2,1H3. The summed E-state index contributed by atoms with van der Waals surface area (Å²) in [7, 11) is 1.62. The van der Waals surface area contributed by atoms with Crippen LogP contribution in [-0.2, 0) is 0 Å². The minimum atomic E-state index is 0.189. The van der Waals surface area contributed by atoms with E-state index >= 15 is 0 Å². The number of hydrogen-bond donors (Lipinski definition) is 0. The molecule has 2 aromatic carbocycles. The maximum atomic E-state index is 10.9. The number of carbonyl (C=O) groups excluding carboxylic acids is 1. The van der Waals surface area contributed by atoms with E-state index in [4.69, 9.17) is 21.1 Å². The number of benzene rings is 2. The van der Waals surface area contributed by atoms with E-state index in [2.05, 4.69) is 11.8 Å². The third-order valence-corrected chi connectivity index (χ3v) is 2.96. The van der Waals surface area contributed by atoms with Crippen molar-refractivity contribution in [2.45, 2.75) is 0 Å². The predicted octanol–water partition coefficient (Wildman–Crippen LogP) is 3.59. The van der Waals surface area contributed by atoms with Crippen molar-refractivity contribution in [3.8, 4) is 23.3 Å². The van der Waals surface area contributed by atoms with Gasteiger partial charge in [0.05, 0.1) is 12.7 Å². The van der Waals surface area contributed by atoms with Crippen molar-refractivity contribution in [1.82, 2.24) is 0 Å². The van der Waals surface area contributed by atoms with E-state index in [9.17, 15) is 4.79 Å². The SMILES string of the molecule is COc1ccc(C#CCOc2ccc(Cl)cc2C=O)cc1. The van der Waals surface area contributed by atoms with Gasteiger partial charge in [-0.15, -0.1) is 0 Å². The average Bonchev–Trinajstić information content (AvgIpc) is 2.53. The Balaban J connectivity index is 1.98. The van der Waals surface area contributed by atoms with Crippen LogP contribution < -0.4 is 9.47 Å². The fraction of sp³-hybridized carbons (Fsp3) is 0.118. The molecular weight excluding hydrogens is 288 g/mol. The lowest BCUT2D eigenvalue weighted by Crippen LogP contribution is -1.97. The maximum absolute atomic E-state index is 10.9. The van der Waals surface area contributed by atoms with Crippen molar-refractivity contribution < 1.29 is 14.3 Å². The zero-order valence-corrected chi connectivity index (χ0v) is 12.2. The van der Waals surface area contributed by atoms with E-state index in [-0.39, 0.29) is 6.61 Å². The second kappa shape index (κ2) is 7.37. The highest BCUT2D eigenvalue weighted by molar-refractivity contribution is 6.30. The van der Waals surface area contributed by atoms with Gasteiger partial charge in [-0.2, -0.15) is 0 Å². The number of carbonyl (C=O) groups is 1. The van der Waals surface area contributed by atoms with Gasteiger partial charge in [0.15, 0.2) is 6.29 Å². The zero-order valence-electron chi connectivity index (χ0n) is 11.4. The van der Waals surface area contributed by atoms with Crippen LogP contribution in [0.15, 0.2) is 42.5 Å². The molecule has 106 valence electrons. The number of ether oxygens (including phenoxy) is 2. The molecule has 0 aromatic heterocycles. The second-order valence-corrected chi connectivity index (χ2v) is 4.56. The quantitative estimate of drug-likeness (QED) is 0.639. The van der Waals surface area contributed by atoms with E-state index < -0.39 is 0 Å². The molecule has 2 rings (SSSR count). The van der Waals surface area contributed by atoms with Gasteiger partial charge in [0.25, 0.3) is 0 Å². The average molecular weight is 301 g/mol. The summed E-state index contributed by atoms with van der Waals surface area (Å²) in [4.78, 5) is 10.9. The van der Waals surface area contributed by atoms with Gasteiger partial charge in [-0.3, -0.25) is 4.79 Å². The maximum Gasteiger partial charge on any atom is 0.153 e. The van der Waals surface area contributed by atoms with E-state index in [0.717, 1.165) is 11.3 Å².